The van der Waals surface area contributed by atoms with Crippen LogP contribution in [-0.2, 0) is 10.0 Å². The van der Waals surface area contributed by atoms with Crippen LogP contribution < -0.4 is 4.74 Å². The highest BCUT2D eigenvalue weighted by atomic mass is 32.2. The Labute approximate surface area is 167 Å². The molecule has 5 nitrogen and oxygen atoms in total. The van der Waals surface area contributed by atoms with Crippen LogP contribution in [0.25, 0.3) is 0 Å². The standard InChI is InChI=1S/C22H28N2O3S/c1-14-10-15(2)17(4)22(16(14)3)28(25,26)24-18-7-8-19(24)12-21(11-18)27-20-6-5-9-23-13-20/h5-6,9-10,13,18-19,21H,7-8,11-12H2,1-4H3. The molecule has 2 atom stereocenters. The van der Waals surface area contributed by atoms with E-state index < -0.39 is 10.0 Å². The fraction of sp³-hybridized carbons (Fsp3) is 0.500. The number of fused-ring (bicyclic) bond motifs is 2. The Morgan fingerprint density at radius 1 is 1.04 bits per heavy atom. The Balaban J connectivity index is 1.63. The van der Waals surface area contributed by atoms with Gasteiger partial charge in [0.1, 0.15) is 11.9 Å². The Kier molecular flexibility index (Phi) is 4.96. The first kappa shape index (κ1) is 19.4. The molecule has 2 unspecified atom stereocenters. The third-order valence-electron chi connectivity index (χ3n) is 6.39. The van der Waals surface area contributed by atoms with Gasteiger partial charge in [0.25, 0.3) is 0 Å². The quantitative estimate of drug-likeness (QED) is 0.776. The van der Waals surface area contributed by atoms with Crippen molar-refractivity contribution in [2.75, 3.05) is 0 Å². The van der Waals surface area contributed by atoms with Gasteiger partial charge in [-0.1, -0.05) is 6.07 Å². The van der Waals surface area contributed by atoms with E-state index in [4.69, 9.17) is 4.74 Å². The predicted molar refractivity (Wildman–Crippen MR) is 109 cm³/mol. The summed E-state index contributed by atoms with van der Waals surface area (Å²) in [6.45, 7) is 7.83. The second-order valence-corrected chi connectivity index (χ2v) is 9.99. The van der Waals surface area contributed by atoms with Gasteiger partial charge >= 0.3 is 0 Å². The minimum absolute atomic E-state index is 0.00467. The molecule has 0 N–H and O–H groups in total. The van der Waals surface area contributed by atoms with Crippen LogP contribution in [0.1, 0.15) is 47.9 Å². The number of hydrogen-bond donors (Lipinski definition) is 0. The number of nitrogens with zero attached hydrogens (tertiary/aromatic N) is 2. The molecule has 0 spiro atoms. The molecule has 0 amide bonds. The first-order valence-electron chi connectivity index (χ1n) is 9.96. The maximum Gasteiger partial charge on any atom is 0.244 e. The van der Waals surface area contributed by atoms with E-state index >= 15 is 0 Å². The van der Waals surface area contributed by atoms with Gasteiger partial charge in [-0.2, -0.15) is 4.31 Å². The van der Waals surface area contributed by atoms with Gasteiger partial charge in [0, 0.05) is 31.1 Å². The lowest BCUT2D eigenvalue weighted by molar-refractivity contribution is 0.0953. The zero-order chi connectivity index (χ0) is 20.1. The van der Waals surface area contributed by atoms with Crippen LogP contribution in [0.2, 0.25) is 0 Å². The van der Waals surface area contributed by atoms with Gasteiger partial charge in [0.2, 0.25) is 10.0 Å². The summed E-state index contributed by atoms with van der Waals surface area (Å²) in [6.07, 6.45) is 6.74. The number of benzene rings is 1. The van der Waals surface area contributed by atoms with Gasteiger partial charge in [-0.05, 0) is 74.9 Å². The molecule has 0 saturated carbocycles. The lowest BCUT2D eigenvalue weighted by Crippen LogP contribution is -2.49. The SMILES string of the molecule is Cc1cc(C)c(C)c(S(=O)(=O)N2C3CCC2CC(Oc2cccnc2)C3)c1C. The number of aryl methyl sites for hydroxylation is 2. The van der Waals surface area contributed by atoms with E-state index in [9.17, 15) is 8.42 Å². The van der Waals surface area contributed by atoms with Crippen molar-refractivity contribution in [3.63, 3.8) is 0 Å². The third kappa shape index (κ3) is 3.22. The molecule has 2 aliphatic rings. The molecule has 0 aliphatic carbocycles. The average molecular weight is 401 g/mol. The first-order valence-corrected chi connectivity index (χ1v) is 11.4. The number of hydrogen-bond acceptors (Lipinski definition) is 4. The van der Waals surface area contributed by atoms with Gasteiger partial charge in [-0.3, -0.25) is 4.98 Å². The highest BCUT2D eigenvalue weighted by Gasteiger charge is 2.48. The van der Waals surface area contributed by atoms with Crippen molar-refractivity contribution in [3.8, 4) is 5.75 Å². The molecule has 0 radical (unpaired) electrons. The van der Waals surface area contributed by atoms with Gasteiger partial charge in [0.15, 0.2) is 0 Å². The van der Waals surface area contributed by atoms with Crippen LogP contribution in [-0.4, -0.2) is 35.9 Å². The smallest absolute Gasteiger partial charge is 0.244 e. The van der Waals surface area contributed by atoms with Crippen LogP contribution >= 0.6 is 0 Å². The summed E-state index contributed by atoms with van der Waals surface area (Å²) in [6, 6.07) is 5.84. The van der Waals surface area contributed by atoms with E-state index in [1.165, 1.54) is 0 Å². The molecule has 4 rings (SSSR count). The molecule has 2 aromatic rings. The molecule has 6 heteroatoms. The summed E-state index contributed by atoms with van der Waals surface area (Å²) < 4.78 is 35.4. The Morgan fingerprint density at radius 2 is 1.64 bits per heavy atom. The van der Waals surface area contributed by atoms with Gasteiger partial charge in [-0.25, -0.2) is 8.42 Å². The first-order chi connectivity index (χ1) is 13.3. The molecule has 150 valence electrons. The minimum Gasteiger partial charge on any atom is -0.489 e. The lowest BCUT2D eigenvalue weighted by atomic mass is 10.0. The number of rotatable bonds is 4. The maximum atomic E-state index is 13.7. The summed E-state index contributed by atoms with van der Waals surface area (Å²) in [4.78, 5) is 4.61. The van der Waals surface area contributed by atoms with Crippen molar-refractivity contribution in [2.45, 2.75) is 76.5 Å². The summed E-state index contributed by atoms with van der Waals surface area (Å²) in [5, 5.41) is 0. The Morgan fingerprint density at radius 3 is 2.18 bits per heavy atom. The van der Waals surface area contributed by atoms with E-state index in [0.717, 1.165) is 53.7 Å². The molecule has 2 aliphatic heterocycles. The van der Waals surface area contributed by atoms with Crippen molar-refractivity contribution in [1.82, 2.24) is 9.29 Å². The van der Waals surface area contributed by atoms with Gasteiger partial charge in [0.05, 0.1) is 11.1 Å². The van der Waals surface area contributed by atoms with Crippen LogP contribution in [0.15, 0.2) is 35.5 Å². The summed E-state index contributed by atoms with van der Waals surface area (Å²) in [5.41, 5.74) is 3.81. The van der Waals surface area contributed by atoms with E-state index in [1.54, 1.807) is 16.7 Å². The molecule has 1 aromatic carbocycles. The van der Waals surface area contributed by atoms with Gasteiger partial charge in [-0.15, -0.1) is 0 Å². The van der Waals surface area contributed by atoms with E-state index in [0.29, 0.717) is 4.90 Å². The fourth-order valence-electron chi connectivity index (χ4n) is 4.86. The monoisotopic (exact) mass is 400 g/mol. The normalized spacial score (nSPS) is 25.1. The highest BCUT2D eigenvalue weighted by molar-refractivity contribution is 7.89. The maximum absolute atomic E-state index is 13.7. The number of aromatic nitrogens is 1. The zero-order valence-electron chi connectivity index (χ0n) is 17.0. The van der Waals surface area contributed by atoms with Crippen LogP contribution in [0.5, 0.6) is 5.75 Å². The molecular formula is C22H28N2O3S. The second kappa shape index (κ2) is 7.16. The zero-order valence-corrected chi connectivity index (χ0v) is 17.8. The molecule has 1 aromatic heterocycles. The molecule has 2 bridgehead atoms. The van der Waals surface area contributed by atoms with E-state index in [-0.39, 0.29) is 18.2 Å². The van der Waals surface area contributed by atoms with Crippen molar-refractivity contribution in [1.29, 1.82) is 0 Å². The number of piperidine rings is 1. The second-order valence-electron chi connectivity index (χ2n) is 8.21. The van der Waals surface area contributed by atoms with Gasteiger partial charge < -0.3 is 4.74 Å². The Hall–Kier alpha value is -1.92. The van der Waals surface area contributed by atoms with E-state index in [2.05, 4.69) is 11.1 Å². The van der Waals surface area contributed by atoms with Crippen LogP contribution in [0.4, 0.5) is 0 Å². The minimum atomic E-state index is -3.54. The third-order valence-corrected chi connectivity index (χ3v) is 8.67. The van der Waals surface area contributed by atoms with Crippen molar-refractivity contribution in [2.24, 2.45) is 0 Å². The predicted octanol–water partition coefficient (Wildman–Crippen LogP) is 4.08. The number of pyridine rings is 1. The highest BCUT2D eigenvalue weighted by Crippen LogP contribution is 2.42. The van der Waals surface area contributed by atoms with Crippen LogP contribution in [0, 0.1) is 27.7 Å². The average Bonchev–Trinajstić information content (AvgIpc) is 2.93. The van der Waals surface area contributed by atoms with Crippen LogP contribution in [0.3, 0.4) is 0 Å². The van der Waals surface area contributed by atoms with E-state index in [1.807, 2.05) is 39.8 Å². The Bertz CT molecular complexity index is 948. The molecule has 2 saturated heterocycles. The van der Waals surface area contributed by atoms with Crippen molar-refractivity contribution >= 4 is 10.0 Å². The van der Waals surface area contributed by atoms with Crippen molar-refractivity contribution < 1.29 is 13.2 Å². The summed E-state index contributed by atoms with van der Waals surface area (Å²) >= 11 is 0. The van der Waals surface area contributed by atoms with Crippen molar-refractivity contribution in [3.05, 3.63) is 52.8 Å². The fourth-order valence-corrected chi connectivity index (χ4v) is 7.33. The number of ether oxygens (including phenoxy) is 1. The molecule has 3 heterocycles. The number of sulfonamides is 1. The lowest BCUT2D eigenvalue weighted by Gasteiger charge is -2.38. The summed E-state index contributed by atoms with van der Waals surface area (Å²) in [5.74, 6) is 0.754. The summed E-state index contributed by atoms with van der Waals surface area (Å²) in [7, 11) is -3.54. The largest absolute Gasteiger partial charge is 0.489 e. The molecule has 28 heavy (non-hydrogen) atoms. The topological polar surface area (TPSA) is 59.5 Å². The molecular weight excluding hydrogens is 372 g/mol. The molecule has 2 fully saturated rings.